The summed E-state index contributed by atoms with van der Waals surface area (Å²) in [6, 6.07) is 12.0. The van der Waals surface area contributed by atoms with Gasteiger partial charge in [0.05, 0.1) is 13.7 Å². The van der Waals surface area contributed by atoms with Crippen LogP contribution in [0.5, 0.6) is 5.75 Å². The number of benzene rings is 2. The SMILES string of the molecule is COc1ccc2c(ccn2CC(=O)NCc2ccc(F)c(CO)c2)c1. The summed E-state index contributed by atoms with van der Waals surface area (Å²) in [6.07, 6.45) is 1.85. The highest BCUT2D eigenvalue weighted by Gasteiger charge is 2.08. The maximum absolute atomic E-state index is 13.4. The number of aromatic nitrogens is 1. The first-order valence-corrected chi connectivity index (χ1v) is 7.88. The highest BCUT2D eigenvalue weighted by atomic mass is 19.1. The van der Waals surface area contributed by atoms with E-state index in [2.05, 4.69) is 5.32 Å². The molecule has 0 saturated heterocycles. The number of fused-ring (bicyclic) bond motifs is 1. The van der Waals surface area contributed by atoms with E-state index >= 15 is 0 Å². The summed E-state index contributed by atoms with van der Waals surface area (Å²) in [5.41, 5.74) is 1.90. The third-order valence-electron chi connectivity index (χ3n) is 4.06. The van der Waals surface area contributed by atoms with Gasteiger partial charge in [-0.1, -0.05) is 6.07 Å². The molecular formula is C19H19FN2O3. The van der Waals surface area contributed by atoms with Crippen LogP contribution in [0.2, 0.25) is 0 Å². The molecule has 1 heterocycles. The van der Waals surface area contributed by atoms with E-state index in [0.29, 0.717) is 0 Å². The summed E-state index contributed by atoms with van der Waals surface area (Å²) in [5, 5.41) is 12.9. The van der Waals surface area contributed by atoms with Crippen molar-refractivity contribution in [1.82, 2.24) is 9.88 Å². The minimum atomic E-state index is -0.452. The minimum Gasteiger partial charge on any atom is -0.497 e. The molecule has 130 valence electrons. The smallest absolute Gasteiger partial charge is 0.240 e. The van der Waals surface area contributed by atoms with Crippen molar-refractivity contribution in [3.63, 3.8) is 0 Å². The zero-order valence-electron chi connectivity index (χ0n) is 13.8. The van der Waals surface area contributed by atoms with Crippen LogP contribution in [0.15, 0.2) is 48.7 Å². The predicted octanol–water partition coefficient (Wildman–Crippen LogP) is 2.60. The first-order valence-electron chi connectivity index (χ1n) is 7.88. The number of hydrogen-bond acceptors (Lipinski definition) is 3. The molecule has 2 aromatic carbocycles. The van der Waals surface area contributed by atoms with Gasteiger partial charge < -0.3 is 19.7 Å². The monoisotopic (exact) mass is 342 g/mol. The highest BCUT2D eigenvalue weighted by Crippen LogP contribution is 2.21. The molecule has 0 saturated carbocycles. The van der Waals surface area contributed by atoms with Gasteiger partial charge >= 0.3 is 0 Å². The number of methoxy groups -OCH3 is 1. The van der Waals surface area contributed by atoms with Crippen LogP contribution in [0.4, 0.5) is 4.39 Å². The second kappa shape index (κ2) is 7.36. The normalized spacial score (nSPS) is 10.8. The van der Waals surface area contributed by atoms with Crippen LogP contribution in [0.1, 0.15) is 11.1 Å². The zero-order valence-corrected chi connectivity index (χ0v) is 13.8. The number of rotatable bonds is 6. The van der Waals surface area contributed by atoms with Gasteiger partial charge in [-0.05, 0) is 42.0 Å². The molecule has 6 heteroatoms. The lowest BCUT2D eigenvalue weighted by atomic mass is 10.1. The Hall–Kier alpha value is -2.86. The number of ether oxygens (including phenoxy) is 1. The summed E-state index contributed by atoms with van der Waals surface area (Å²) in [7, 11) is 1.61. The molecule has 1 amide bonds. The van der Waals surface area contributed by atoms with E-state index in [0.717, 1.165) is 22.2 Å². The molecule has 3 rings (SSSR count). The molecule has 25 heavy (non-hydrogen) atoms. The van der Waals surface area contributed by atoms with Gasteiger partial charge in [0.25, 0.3) is 0 Å². The molecule has 3 aromatic rings. The van der Waals surface area contributed by atoms with Crippen molar-refractivity contribution in [2.45, 2.75) is 19.7 Å². The Labute approximate surface area is 144 Å². The van der Waals surface area contributed by atoms with E-state index in [1.165, 1.54) is 6.07 Å². The zero-order chi connectivity index (χ0) is 17.8. The van der Waals surface area contributed by atoms with Crippen LogP contribution >= 0.6 is 0 Å². The molecule has 0 spiro atoms. The summed E-state index contributed by atoms with van der Waals surface area (Å²) in [5.74, 6) is 0.167. The minimum absolute atomic E-state index is 0.150. The van der Waals surface area contributed by atoms with Crippen molar-refractivity contribution in [1.29, 1.82) is 0 Å². The Balaban J connectivity index is 1.65. The van der Waals surface area contributed by atoms with Gasteiger partial charge in [0.2, 0.25) is 5.91 Å². The number of hydrogen-bond donors (Lipinski definition) is 2. The average molecular weight is 342 g/mol. The Morgan fingerprint density at radius 2 is 2.08 bits per heavy atom. The van der Waals surface area contributed by atoms with E-state index < -0.39 is 5.82 Å². The topological polar surface area (TPSA) is 63.5 Å². The number of aliphatic hydroxyl groups is 1. The van der Waals surface area contributed by atoms with Crippen molar-refractivity contribution in [2.24, 2.45) is 0 Å². The lowest BCUT2D eigenvalue weighted by Gasteiger charge is -2.09. The molecule has 1 aromatic heterocycles. The van der Waals surface area contributed by atoms with Crippen molar-refractivity contribution in [3.05, 3.63) is 65.6 Å². The van der Waals surface area contributed by atoms with Crippen LogP contribution in [0.25, 0.3) is 10.9 Å². The van der Waals surface area contributed by atoms with Gasteiger partial charge in [0.15, 0.2) is 0 Å². The molecule has 0 fully saturated rings. The first-order chi connectivity index (χ1) is 12.1. The number of carbonyl (C=O) groups excluding carboxylic acids is 1. The van der Waals surface area contributed by atoms with Crippen LogP contribution in [0, 0.1) is 5.82 Å². The van der Waals surface area contributed by atoms with Gasteiger partial charge in [-0.2, -0.15) is 0 Å². The quantitative estimate of drug-likeness (QED) is 0.724. The number of halogens is 1. The first kappa shape index (κ1) is 17.0. The van der Waals surface area contributed by atoms with E-state index in [1.54, 1.807) is 19.2 Å². The molecule has 0 atom stereocenters. The fourth-order valence-electron chi connectivity index (χ4n) is 2.71. The fourth-order valence-corrected chi connectivity index (χ4v) is 2.71. The number of amides is 1. The third-order valence-corrected chi connectivity index (χ3v) is 4.06. The number of nitrogens with one attached hydrogen (secondary N) is 1. The van der Waals surface area contributed by atoms with Crippen LogP contribution in [-0.2, 0) is 24.5 Å². The maximum atomic E-state index is 13.4. The summed E-state index contributed by atoms with van der Waals surface area (Å²) < 4.78 is 20.4. The molecule has 5 nitrogen and oxygen atoms in total. The average Bonchev–Trinajstić information content (AvgIpc) is 3.02. The van der Waals surface area contributed by atoms with Gasteiger partial charge in [-0.25, -0.2) is 4.39 Å². The van der Waals surface area contributed by atoms with E-state index in [9.17, 15) is 9.18 Å². The largest absolute Gasteiger partial charge is 0.497 e. The molecule has 0 aliphatic rings. The van der Waals surface area contributed by atoms with Crippen LogP contribution < -0.4 is 10.1 Å². The summed E-state index contributed by atoms with van der Waals surface area (Å²) in [4.78, 5) is 12.2. The molecular weight excluding hydrogens is 323 g/mol. The van der Waals surface area contributed by atoms with Gasteiger partial charge in [0, 0.05) is 29.2 Å². The van der Waals surface area contributed by atoms with Gasteiger partial charge in [-0.15, -0.1) is 0 Å². The second-order valence-electron chi connectivity index (χ2n) is 5.73. The summed E-state index contributed by atoms with van der Waals surface area (Å²) >= 11 is 0. The van der Waals surface area contributed by atoms with Crippen LogP contribution in [0.3, 0.4) is 0 Å². The third kappa shape index (κ3) is 3.80. The maximum Gasteiger partial charge on any atom is 0.240 e. The molecule has 0 unspecified atom stereocenters. The van der Waals surface area contributed by atoms with E-state index in [1.807, 2.05) is 35.0 Å². The number of carbonyl (C=O) groups is 1. The van der Waals surface area contributed by atoms with Crippen molar-refractivity contribution < 1.29 is 19.0 Å². The second-order valence-corrected chi connectivity index (χ2v) is 5.73. The molecule has 0 bridgehead atoms. The highest BCUT2D eigenvalue weighted by molar-refractivity contribution is 5.84. The Morgan fingerprint density at radius 1 is 1.24 bits per heavy atom. The standard InChI is InChI=1S/C19H19FN2O3/c1-25-16-3-5-18-14(9-16)6-7-22(18)11-19(24)21-10-13-2-4-17(20)15(8-13)12-23/h2-9,23H,10-12H2,1H3,(H,21,24). The molecule has 0 radical (unpaired) electrons. The van der Waals surface area contributed by atoms with Crippen molar-refractivity contribution in [2.75, 3.05) is 7.11 Å². The van der Waals surface area contributed by atoms with Crippen molar-refractivity contribution >= 4 is 16.8 Å². The van der Waals surface area contributed by atoms with E-state index in [-0.39, 0.29) is 31.2 Å². The molecule has 0 aliphatic heterocycles. The predicted molar refractivity (Wildman–Crippen MR) is 92.7 cm³/mol. The van der Waals surface area contributed by atoms with Gasteiger partial charge in [0.1, 0.15) is 18.1 Å². The van der Waals surface area contributed by atoms with Crippen molar-refractivity contribution in [3.8, 4) is 5.75 Å². The number of aliphatic hydroxyl groups excluding tert-OH is 1. The fraction of sp³-hybridized carbons (Fsp3) is 0.211. The Morgan fingerprint density at radius 3 is 2.84 bits per heavy atom. The van der Waals surface area contributed by atoms with E-state index in [4.69, 9.17) is 9.84 Å². The van der Waals surface area contributed by atoms with Crippen LogP contribution in [-0.4, -0.2) is 22.7 Å². The number of nitrogens with zero attached hydrogens (tertiary/aromatic N) is 1. The lowest BCUT2D eigenvalue weighted by molar-refractivity contribution is -0.121. The Bertz CT molecular complexity index is 905. The Kier molecular flexibility index (Phi) is 5.00. The summed E-state index contributed by atoms with van der Waals surface area (Å²) in [6.45, 7) is 0.0927. The lowest BCUT2D eigenvalue weighted by Crippen LogP contribution is -2.26. The van der Waals surface area contributed by atoms with Gasteiger partial charge in [-0.3, -0.25) is 4.79 Å². The molecule has 0 aliphatic carbocycles. The molecule has 2 N–H and O–H groups in total.